The molecule has 0 aromatic carbocycles. The highest BCUT2D eigenvalue weighted by Gasteiger charge is 2.09. The quantitative estimate of drug-likeness (QED) is 0.539. The molecule has 0 saturated heterocycles. The third-order valence-electron chi connectivity index (χ3n) is 2.00. The minimum absolute atomic E-state index is 0.0196. The van der Waals surface area contributed by atoms with Crippen molar-refractivity contribution < 1.29 is 9.90 Å². The molecular weight excluding hydrogens is 214 g/mol. The highest BCUT2D eigenvalue weighted by Crippen LogP contribution is 2.06. The highest BCUT2D eigenvalue weighted by molar-refractivity contribution is 5.71. The van der Waals surface area contributed by atoms with Gasteiger partial charge in [-0.1, -0.05) is 0 Å². The fourth-order valence-electron chi connectivity index (χ4n) is 1.32. The summed E-state index contributed by atoms with van der Waals surface area (Å²) in [7, 11) is 0. The number of imidazole rings is 1. The molecule has 16 heavy (non-hydrogen) atoms. The molecule has 84 valence electrons. The summed E-state index contributed by atoms with van der Waals surface area (Å²) in [5, 5.41) is 8.50. The largest absolute Gasteiger partial charge is 0.481 e. The van der Waals surface area contributed by atoms with Crippen LogP contribution < -0.4 is 11.3 Å². The SMILES string of the molecule is Nc1nc2nc(CCC(=O)O)[nH]c2c(=O)[nH]1. The van der Waals surface area contributed by atoms with Crippen LogP contribution in [0.5, 0.6) is 0 Å². The first-order chi connectivity index (χ1) is 7.56. The molecule has 5 N–H and O–H groups in total. The lowest BCUT2D eigenvalue weighted by atomic mass is 10.3. The lowest BCUT2D eigenvalue weighted by molar-refractivity contribution is -0.137. The van der Waals surface area contributed by atoms with Crippen LogP contribution in [0.3, 0.4) is 0 Å². The molecule has 0 radical (unpaired) electrons. The number of nitrogens with two attached hydrogens (primary N) is 1. The van der Waals surface area contributed by atoms with E-state index < -0.39 is 11.5 Å². The van der Waals surface area contributed by atoms with Crippen LogP contribution in [-0.4, -0.2) is 31.0 Å². The van der Waals surface area contributed by atoms with Gasteiger partial charge in [0.15, 0.2) is 11.2 Å². The third kappa shape index (κ3) is 1.85. The fourth-order valence-corrected chi connectivity index (χ4v) is 1.32. The van der Waals surface area contributed by atoms with Gasteiger partial charge in [-0.05, 0) is 0 Å². The summed E-state index contributed by atoms with van der Waals surface area (Å²) < 4.78 is 0. The molecule has 8 heteroatoms. The summed E-state index contributed by atoms with van der Waals surface area (Å²) in [5.41, 5.74) is 5.32. The van der Waals surface area contributed by atoms with Gasteiger partial charge in [0.05, 0.1) is 6.42 Å². The van der Waals surface area contributed by atoms with Crippen molar-refractivity contribution in [2.24, 2.45) is 0 Å². The number of nitrogens with one attached hydrogen (secondary N) is 2. The minimum atomic E-state index is -0.929. The van der Waals surface area contributed by atoms with Gasteiger partial charge in [0.2, 0.25) is 5.95 Å². The van der Waals surface area contributed by atoms with Crippen LogP contribution in [0.4, 0.5) is 5.95 Å². The standard InChI is InChI=1S/C8H9N5O3/c9-8-12-6-5(7(16)13-8)10-3(11-6)1-2-4(14)15/h1-2H2,(H,14,15)(H4,9,10,11,12,13,16). The molecule has 8 nitrogen and oxygen atoms in total. The number of fused-ring (bicyclic) bond motifs is 1. The Kier molecular flexibility index (Phi) is 2.31. The van der Waals surface area contributed by atoms with Crippen LogP contribution >= 0.6 is 0 Å². The Balaban J connectivity index is 2.40. The van der Waals surface area contributed by atoms with Gasteiger partial charge < -0.3 is 15.8 Å². The van der Waals surface area contributed by atoms with Crippen molar-refractivity contribution in [3.8, 4) is 0 Å². The van der Waals surface area contributed by atoms with E-state index in [0.717, 1.165) is 0 Å². The Morgan fingerprint density at radius 1 is 1.38 bits per heavy atom. The Bertz CT molecular complexity index is 599. The van der Waals surface area contributed by atoms with Crippen LogP contribution in [0.15, 0.2) is 4.79 Å². The zero-order valence-corrected chi connectivity index (χ0v) is 8.15. The maximum atomic E-state index is 11.4. The summed E-state index contributed by atoms with van der Waals surface area (Å²) in [6.07, 6.45) is 0.151. The Hall–Kier alpha value is -2.38. The molecule has 0 bridgehead atoms. The van der Waals surface area contributed by atoms with Crippen molar-refractivity contribution in [1.82, 2.24) is 19.9 Å². The number of aryl methyl sites for hydroxylation is 1. The number of nitrogens with zero attached hydrogens (tertiary/aromatic N) is 2. The number of carboxylic acids is 1. The normalized spacial score (nSPS) is 10.8. The zero-order valence-electron chi connectivity index (χ0n) is 8.15. The van der Waals surface area contributed by atoms with E-state index in [0.29, 0.717) is 5.82 Å². The molecule has 2 aromatic heterocycles. The van der Waals surface area contributed by atoms with E-state index in [2.05, 4.69) is 19.9 Å². The van der Waals surface area contributed by atoms with E-state index in [4.69, 9.17) is 10.8 Å². The van der Waals surface area contributed by atoms with E-state index in [-0.39, 0.29) is 30.0 Å². The molecule has 2 heterocycles. The maximum Gasteiger partial charge on any atom is 0.303 e. The van der Waals surface area contributed by atoms with Crippen LogP contribution in [0.1, 0.15) is 12.2 Å². The van der Waals surface area contributed by atoms with Crippen molar-refractivity contribution in [3.63, 3.8) is 0 Å². The summed E-state index contributed by atoms with van der Waals surface area (Å²) in [6, 6.07) is 0. The second kappa shape index (κ2) is 3.65. The molecule has 0 saturated carbocycles. The van der Waals surface area contributed by atoms with Gasteiger partial charge in [-0.15, -0.1) is 0 Å². The predicted octanol–water partition coefficient (Wildman–Crippen LogP) is -0.754. The third-order valence-corrected chi connectivity index (χ3v) is 2.00. The molecule has 0 unspecified atom stereocenters. The number of hydrogen-bond acceptors (Lipinski definition) is 5. The Morgan fingerprint density at radius 3 is 2.81 bits per heavy atom. The summed E-state index contributed by atoms with van der Waals surface area (Å²) in [5.74, 6) is -0.545. The van der Waals surface area contributed by atoms with Gasteiger partial charge >= 0.3 is 5.97 Å². The molecule has 0 aliphatic heterocycles. The average molecular weight is 223 g/mol. The second-order valence-corrected chi connectivity index (χ2v) is 3.23. The number of anilines is 1. The zero-order chi connectivity index (χ0) is 11.7. The highest BCUT2D eigenvalue weighted by atomic mass is 16.4. The minimum Gasteiger partial charge on any atom is -0.481 e. The van der Waals surface area contributed by atoms with Gasteiger partial charge in [-0.3, -0.25) is 14.6 Å². The number of hydrogen-bond donors (Lipinski definition) is 4. The average Bonchev–Trinajstić information content (AvgIpc) is 2.57. The lowest BCUT2D eigenvalue weighted by Gasteiger charge is -1.89. The van der Waals surface area contributed by atoms with Gasteiger partial charge in [0, 0.05) is 6.42 Å². The number of aromatic amines is 2. The molecule has 0 aliphatic rings. The fraction of sp³-hybridized carbons (Fsp3) is 0.250. The monoisotopic (exact) mass is 223 g/mol. The number of nitrogen functional groups attached to an aromatic ring is 1. The van der Waals surface area contributed by atoms with Crippen molar-refractivity contribution in [2.75, 3.05) is 5.73 Å². The lowest BCUT2D eigenvalue weighted by Crippen LogP contribution is -2.10. The van der Waals surface area contributed by atoms with Gasteiger partial charge in [0.1, 0.15) is 5.82 Å². The molecule has 2 rings (SSSR count). The molecular formula is C8H9N5O3. The van der Waals surface area contributed by atoms with Crippen molar-refractivity contribution in [2.45, 2.75) is 12.8 Å². The van der Waals surface area contributed by atoms with E-state index in [9.17, 15) is 9.59 Å². The molecule has 2 aromatic rings. The first-order valence-electron chi connectivity index (χ1n) is 4.52. The van der Waals surface area contributed by atoms with Crippen LogP contribution in [0.25, 0.3) is 11.2 Å². The first-order valence-corrected chi connectivity index (χ1v) is 4.52. The van der Waals surface area contributed by atoms with E-state index >= 15 is 0 Å². The van der Waals surface area contributed by atoms with E-state index in [1.165, 1.54) is 0 Å². The summed E-state index contributed by atoms with van der Waals surface area (Å²) >= 11 is 0. The molecule has 0 atom stereocenters. The summed E-state index contributed by atoms with van der Waals surface area (Å²) in [6.45, 7) is 0. The number of aromatic nitrogens is 4. The predicted molar refractivity (Wildman–Crippen MR) is 54.9 cm³/mol. The van der Waals surface area contributed by atoms with Crippen molar-refractivity contribution >= 4 is 23.1 Å². The number of carboxylic acid groups (broad SMARTS) is 1. The molecule has 0 spiro atoms. The van der Waals surface area contributed by atoms with E-state index in [1.54, 1.807) is 0 Å². The first kappa shape index (κ1) is 10.1. The van der Waals surface area contributed by atoms with Crippen LogP contribution in [0, 0.1) is 0 Å². The van der Waals surface area contributed by atoms with Crippen molar-refractivity contribution in [3.05, 3.63) is 16.2 Å². The molecule has 0 amide bonds. The summed E-state index contributed by atoms with van der Waals surface area (Å²) in [4.78, 5) is 34.6. The number of rotatable bonds is 3. The number of H-pyrrole nitrogens is 2. The van der Waals surface area contributed by atoms with Crippen LogP contribution in [-0.2, 0) is 11.2 Å². The molecule has 0 fully saturated rings. The maximum absolute atomic E-state index is 11.4. The van der Waals surface area contributed by atoms with Crippen LogP contribution in [0.2, 0.25) is 0 Å². The Labute approximate surface area is 88.5 Å². The topological polar surface area (TPSA) is 138 Å². The van der Waals surface area contributed by atoms with Crippen molar-refractivity contribution in [1.29, 1.82) is 0 Å². The van der Waals surface area contributed by atoms with Gasteiger partial charge in [-0.25, -0.2) is 4.98 Å². The smallest absolute Gasteiger partial charge is 0.303 e. The number of carbonyl (C=O) groups is 1. The second-order valence-electron chi connectivity index (χ2n) is 3.23. The van der Waals surface area contributed by atoms with Gasteiger partial charge in [-0.2, -0.15) is 4.98 Å². The Morgan fingerprint density at radius 2 is 2.12 bits per heavy atom. The number of aliphatic carboxylic acids is 1. The van der Waals surface area contributed by atoms with Gasteiger partial charge in [0.25, 0.3) is 5.56 Å². The van der Waals surface area contributed by atoms with E-state index in [1.807, 2.05) is 0 Å². The molecule has 0 aliphatic carbocycles.